The minimum atomic E-state index is -0.794. The van der Waals surface area contributed by atoms with Crippen LogP contribution in [-0.4, -0.2) is 33.7 Å². The molecule has 0 spiro atoms. The maximum absolute atomic E-state index is 11.3. The van der Waals surface area contributed by atoms with Crippen molar-refractivity contribution in [3.8, 4) is 0 Å². The summed E-state index contributed by atoms with van der Waals surface area (Å²) in [7, 11) is 0. The van der Waals surface area contributed by atoms with E-state index in [1.54, 1.807) is 6.92 Å². The van der Waals surface area contributed by atoms with Crippen LogP contribution in [0.2, 0.25) is 0 Å². The van der Waals surface area contributed by atoms with Gasteiger partial charge in [-0.2, -0.15) is 11.8 Å². The van der Waals surface area contributed by atoms with Gasteiger partial charge in [0.15, 0.2) is 0 Å². The summed E-state index contributed by atoms with van der Waals surface area (Å²) in [6, 6.07) is 0. The number of carboxylic acid groups (broad SMARTS) is 1. The van der Waals surface area contributed by atoms with Crippen molar-refractivity contribution in [2.75, 3.05) is 6.54 Å². The van der Waals surface area contributed by atoms with Crippen LogP contribution < -0.4 is 5.32 Å². The molecule has 0 aromatic carbocycles. The molecule has 4 heteroatoms. The van der Waals surface area contributed by atoms with Crippen molar-refractivity contribution in [2.45, 2.75) is 63.5 Å². The second kappa shape index (κ2) is 7.17. The predicted octanol–water partition coefficient (Wildman–Crippen LogP) is 2.75. The highest BCUT2D eigenvalue weighted by Gasteiger charge is 2.34. The number of rotatable bonds is 8. The first kappa shape index (κ1) is 15.8. The van der Waals surface area contributed by atoms with Crippen LogP contribution in [-0.2, 0) is 4.79 Å². The van der Waals surface area contributed by atoms with Gasteiger partial charge in [-0.25, -0.2) is 0 Å². The van der Waals surface area contributed by atoms with Crippen molar-refractivity contribution in [3.05, 3.63) is 0 Å². The summed E-state index contributed by atoms with van der Waals surface area (Å²) >= 11 is 1.83. The Morgan fingerprint density at radius 1 is 1.44 bits per heavy atom. The molecule has 3 nitrogen and oxygen atoms in total. The van der Waals surface area contributed by atoms with Crippen molar-refractivity contribution in [1.82, 2.24) is 5.32 Å². The second-order valence-electron chi connectivity index (χ2n) is 4.76. The van der Waals surface area contributed by atoms with Crippen LogP contribution >= 0.6 is 11.8 Å². The molecule has 0 saturated carbocycles. The highest BCUT2D eigenvalue weighted by atomic mass is 32.2. The first-order valence-corrected chi connectivity index (χ1v) is 6.90. The molecule has 0 aliphatic carbocycles. The van der Waals surface area contributed by atoms with Crippen molar-refractivity contribution >= 4 is 17.7 Å². The molecular weight excluding hydrogens is 222 g/mol. The van der Waals surface area contributed by atoms with Gasteiger partial charge in [0.2, 0.25) is 0 Å². The molecular formula is C12H25NO2S. The minimum Gasteiger partial charge on any atom is -0.480 e. The highest BCUT2D eigenvalue weighted by molar-refractivity contribution is 8.00. The van der Waals surface area contributed by atoms with E-state index in [2.05, 4.69) is 26.1 Å². The van der Waals surface area contributed by atoms with E-state index < -0.39 is 11.5 Å². The molecule has 0 fully saturated rings. The lowest BCUT2D eigenvalue weighted by Crippen LogP contribution is -2.51. The molecule has 96 valence electrons. The van der Waals surface area contributed by atoms with Crippen LogP contribution in [0.3, 0.4) is 0 Å². The fourth-order valence-electron chi connectivity index (χ4n) is 1.72. The third-order valence-electron chi connectivity index (χ3n) is 2.44. The number of nitrogens with one attached hydrogen (secondary N) is 1. The fraction of sp³-hybridized carbons (Fsp3) is 0.917. The number of carbonyl (C=O) groups is 1. The Morgan fingerprint density at radius 2 is 2.00 bits per heavy atom. The van der Waals surface area contributed by atoms with Gasteiger partial charge in [0.05, 0.1) is 0 Å². The number of aliphatic carboxylic acids is 1. The van der Waals surface area contributed by atoms with E-state index in [4.69, 9.17) is 0 Å². The quantitative estimate of drug-likeness (QED) is 0.692. The Balaban J connectivity index is 4.36. The zero-order valence-electron chi connectivity index (χ0n) is 11.0. The van der Waals surface area contributed by atoms with E-state index in [0.29, 0.717) is 16.9 Å². The molecule has 2 atom stereocenters. The van der Waals surface area contributed by atoms with Gasteiger partial charge in [-0.3, -0.25) is 4.79 Å². The Kier molecular flexibility index (Phi) is 7.07. The van der Waals surface area contributed by atoms with Crippen LogP contribution in [0.25, 0.3) is 0 Å². The van der Waals surface area contributed by atoms with Crippen LogP contribution in [0.15, 0.2) is 0 Å². The predicted molar refractivity (Wildman–Crippen MR) is 71.1 cm³/mol. The lowest BCUT2D eigenvalue weighted by molar-refractivity contribution is -0.144. The Hall–Kier alpha value is -0.220. The summed E-state index contributed by atoms with van der Waals surface area (Å²) in [5, 5.41) is 13.3. The molecule has 0 rings (SSSR count). The summed E-state index contributed by atoms with van der Waals surface area (Å²) in [6.07, 6.45) is 1.61. The maximum Gasteiger partial charge on any atom is 0.323 e. The molecule has 2 unspecified atom stereocenters. The Bertz CT molecular complexity index is 221. The molecule has 0 aromatic rings. The number of hydrogen-bond donors (Lipinski definition) is 2. The van der Waals surface area contributed by atoms with E-state index >= 15 is 0 Å². The number of thioether (sulfide) groups is 1. The smallest absolute Gasteiger partial charge is 0.323 e. The van der Waals surface area contributed by atoms with Gasteiger partial charge in [0.1, 0.15) is 5.54 Å². The topological polar surface area (TPSA) is 49.3 Å². The van der Waals surface area contributed by atoms with E-state index in [1.807, 2.05) is 18.7 Å². The van der Waals surface area contributed by atoms with Crippen molar-refractivity contribution < 1.29 is 9.90 Å². The van der Waals surface area contributed by atoms with Crippen molar-refractivity contribution in [3.63, 3.8) is 0 Å². The molecule has 0 saturated heterocycles. The molecule has 0 heterocycles. The first-order chi connectivity index (χ1) is 7.31. The monoisotopic (exact) mass is 247 g/mol. The highest BCUT2D eigenvalue weighted by Crippen LogP contribution is 2.25. The second-order valence-corrected chi connectivity index (χ2v) is 6.78. The molecule has 0 aliphatic rings. The average Bonchev–Trinajstić information content (AvgIpc) is 2.12. The van der Waals surface area contributed by atoms with Gasteiger partial charge >= 0.3 is 5.97 Å². The molecule has 0 aliphatic heterocycles. The van der Waals surface area contributed by atoms with Crippen molar-refractivity contribution in [1.29, 1.82) is 0 Å². The van der Waals surface area contributed by atoms with Gasteiger partial charge in [0.25, 0.3) is 0 Å². The number of hydrogen-bond acceptors (Lipinski definition) is 3. The normalized spacial score (nSPS) is 17.1. The van der Waals surface area contributed by atoms with E-state index in [1.165, 1.54) is 0 Å². The lowest BCUT2D eigenvalue weighted by atomic mass is 9.96. The van der Waals surface area contributed by atoms with Gasteiger partial charge in [0, 0.05) is 5.25 Å². The minimum absolute atomic E-state index is 0.352. The maximum atomic E-state index is 11.3. The summed E-state index contributed by atoms with van der Waals surface area (Å²) in [6.45, 7) is 10.9. The van der Waals surface area contributed by atoms with Gasteiger partial charge in [-0.15, -0.1) is 0 Å². The number of carboxylic acids is 1. The van der Waals surface area contributed by atoms with Crippen molar-refractivity contribution in [2.24, 2.45) is 0 Å². The Morgan fingerprint density at radius 3 is 2.38 bits per heavy atom. The molecule has 2 N–H and O–H groups in total. The van der Waals surface area contributed by atoms with Gasteiger partial charge in [-0.05, 0) is 31.6 Å². The zero-order valence-corrected chi connectivity index (χ0v) is 11.9. The SMILES string of the molecule is CCCNC(C)(CC(C)SC(C)C)C(=O)O. The molecule has 0 radical (unpaired) electrons. The molecule has 16 heavy (non-hydrogen) atoms. The lowest BCUT2D eigenvalue weighted by Gasteiger charge is -2.29. The van der Waals surface area contributed by atoms with Crippen LogP contribution in [0, 0.1) is 0 Å². The molecule has 0 aromatic heterocycles. The Labute approximate surface area is 103 Å². The summed E-state index contributed by atoms with van der Waals surface area (Å²) in [4.78, 5) is 11.3. The van der Waals surface area contributed by atoms with Gasteiger partial charge in [-0.1, -0.05) is 27.7 Å². The van der Waals surface area contributed by atoms with E-state index in [-0.39, 0.29) is 0 Å². The van der Waals surface area contributed by atoms with Crippen LogP contribution in [0.4, 0.5) is 0 Å². The standard InChI is InChI=1S/C12H25NO2S/c1-6-7-13-12(5,11(14)15)8-10(4)16-9(2)3/h9-10,13H,6-8H2,1-5H3,(H,14,15). The largest absolute Gasteiger partial charge is 0.480 e. The van der Waals surface area contributed by atoms with E-state index in [9.17, 15) is 9.90 Å². The third kappa shape index (κ3) is 5.75. The van der Waals surface area contributed by atoms with Gasteiger partial charge < -0.3 is 10.4 Å². The average molecular weight is 247 g/mol. The summed E-state index contributed by atoms with van der Waals surface area (Å²) in [5.41, 5.74) is -0.794. The summed E-state index contributed by atoms with van der Waals surface area (Å²) < 4.78 is 0. The zero-order chi connectivity index (χ0) is 12.8. The van der Waals surface area contributed by atoms with E-state index in [0.717, 1.165) is 13.0 Å². The molecule has 0 amide bonds. The molecule has 0 bridgehead atoms. The van der Waals surface area contributed by atoms with Crippen LogP contribution in [0.5, 0.6) is 0 Å². The summed E-state index contributed by atoms with van der Waals surface area (Å²) in [5.74, 6) is -0.753. The van der Waals surface area contributed by atoms with Crippen LogP contribution in [0.1, 0.15) is 47.5 Å². The third-order valence-corrected chi connectivity index (χ3v) is 3.61. The fourth-order valence-corrected chi connectivity index (χ4v) is 3.08. The first-order valence-electron chi connectivity index (χ1n) is 5.95.